The molecule has 1 heterocycles. The van der Waals surface area contributed by atoms with E-state index in [1.807, 2.05) is 4.90 Å². The van der Waals surface area contributed by atoms with E-state index in [9.17, 15) is 9.18 Å². The summed E-state index contributed by atoms with van der Waals surface area (Å²) in [5.41, 5.74) is 0.467. The lowest BCUT2D eigenvalue weighted by Crippen LogP contribution is -2.58. The molecule has 2 unspecified atom stereocenters. The van der Waals surface area contributed by atoms with Gasteiger partial charge in [0, 0.05) is 38.8 Å². The van der Waals surface area contributed by atoms with Crippen molar-refractivity contribution < 1.29 is 13.9 Å². The average molecular weight is 308 g/mol. The molecule has 1 aliphatic rings. The van der Waals surface area contributed by atoms with Crippen molar-refractivity contribution in [1.29, 1.82) is 0 Å². The topological polar surface area (TPSA) is 32.8 Å². The van der Waals surface area contributed by atoms with Crippen molar-refractivity contribution in [2.75, 3.05) is 33.4 Å². The molecule has 1 saturated heterocycles. The highest BCUT2D eigenvalue weighted by Gasteiger charge is 2.31. The van der Waals surface area contributed by atoms with Gasteiger partial charge < -0.3 is 9.64 Å². The molecule has 0 aliphatic carbocycles. The van der Waals surface area contributed by atoms with Gasteiger partial charge in [-0.15, -0.1) is 0 Å². The second-order valence-electron chi connectivity index (χ2n) is 6.00. The second-order valence-corrected chi connectivity index (χ2v) is 6.00. The summed E-state index contributed by atoms with van der Waals surface area (Å²) in [5, 5.41) is 0. The summed E-state index contributed by atoms with van der Waals surface area (Å²) in [7, 11) is 1.70. The maximum atomic E-state index is 13.7. The third-order valence-corrected chi connectivity index (χ3v) is 4.31. The largest absolute Gasteiger partial charge is 0.383 e. The molecule has 0 N–H and O–H groups in total. The highest BCUT2D eigenvalue weighted by atomic mass is 19.1. The van der Waals surface area contributed by atoms with E-state index in [1.165, 1.54) is 6.07 Å². The van der Waals surface area contributed by atoms with Crippen LogP contribution in [-0.4, -0.2) is 61.1 Å². The second kappa shape index (κ2) is 7.70. The Morgan fingerprint density at radius 1 is 1.27 bits per heavy atom. The summed E-state index contributed by atoms with van der Waals surface area (Å²) in [5.74, 6) is -0.314. The molecule has 22 heavy (non-hydrogen) atoms. The first-order valence-corrected chi connectivity index (χ1v) is 7.78. The van der Waals surface area contributed by atoms with Crippen molar-refractivity contribution in [2.45, 2.75) is 32.4 Å². The predicted molar refractivity (Wildman–Crippen MR) is 84.2 cm³/mol. The molecule has 1 aromatic rings. The first-order chi connectivity index (χ1) is 10.5. The van der Waals surface area contributed by atoms with E-state index in [2.05, 4.69) is 18.7 Å². The van der Waals surface area contributed by atoms with Gasteiger partial charge in [-0.1, -0.05) is 18.2 Å². The number of methoxy groups -OCH3 is 1. The zero-order valence-electron chi connectivity index (χ0n) is 13.6. The minimum absolute atomic E-state index is 0.00445. The zero-order chi connectivity index (χ0) is 16.1. The number of carbonyl (C=O) groups excluding carboxylic acids is 1. The van der Waals surface area contributed by atoms with Crippen LogP contribution in [0.4, 0.5) is 4.39 Å². The molecule has 1 amide bonds. The molecule has 0 radical (unpaired) electrons. The van der Waals surface area contributed by atoms with Gasteiger partial charge in [-0.25, -0.2) is 4.39 Å². The van der Waals surface area contributed by atoms with Crippen LogP contribution in [0.5, 0.6) is 0 Å². The van der Waals surface area contributed by atoms with Crippen molar-refractivity contribution in [3.8, 4) is 0 Å². The average Bonchev–Trinajstić information content (AvgIpc) is 2.48. The minimum Gasteiger partial charge on any atom is -0.383 e. The fourth-order valence-corrected chi connectivity index (χ4v) is 3.11. The fourth-order valence-electron chi connectivity index (χ4n) is 3.11. The van der Waals surface area contributed by atoms with E-state index >= 15 is 0 Å². The van der Waals surface area contributed by atoms with Crippen molar-refractivity contribution in [3.63, 3.8) is 0 Å². The number of piperazine rings is 1. The van der Waals surface area contributed by atoms with E-state index in [0.29, 0.717) is 25.3 Å². The Morgan fingerprint density at radius 3 is 2.50 bits per heavy atom. The van der Waals surface area contributed by atoms with Gasteiger partial charge in [0.25, 0.3) is 0 Å². The van der Waals surface area contributed by atoms with Crippen LogP contribution < -0.4 is 0 Å². The number of halogens is 1. The summed E-state index contributed by atoms with van der Waals surface area (Å²) >= 11 is 0. The normalized spacial score (nSPS) is 22.8. The molecular formula is C17H25FN2O2. The van der Waals surface area contributed by atoms with Crippen LogP contribution >= 0.6 is 0 Å². The van der Waals surface area contributed by atoms with E-state index in [0.717, 1.165) is 6.54 Å². The van der Waals surface area contributed by atoms with Crippen molar-refractivity contribution >= 4 is 5.91 Å². The lowest BCUT2D eigenvalue weighted by Gasteiger charge is -2.44. The number of rotatable bonds is 5. The zero-order valence-corrected chi connectivity index (χ0v) is 13.6. The van der Waals surface area contributed by atoms with E-state index in [1.54, 1.807) is 25.3 Å². The molecule has 0 spiro atoms. The Balaban J connectivity index is 1.96. The van der Waals surface area contributed by atoms with Crippen molar-refractivity contribution in [2.24, 2.45) is 0 Å². The molecule has 4 nitrogen and oxygen atoms in total. The predicted octanol–water partition coefficient (Wildman–Crippen LogP) is 1.94. The molecule has 1 aromatic carbocycles. The van der Waals surface area contributed by atoms with E-state index in [-0.39, 0.29) is 30.2 Å². The monoisotopic (exact) mass is 308 g/mol. The Hall–Kier alpha value is -1.46. The third-order valence-electron chi connectivity index (χ3n) is 4.31. The Bertz CT molecular complexity index is 497. The highest BCUT2D eigenvalue weighted by molar-refractivity contribution is 5.79. The molecule has 1 fully saturated rings. The number of hydrogen-bond donors (Lipinski definition) is 0. The van der Waals surface area contributed by atoms with Crippen molar-refractivity contribution in [1.82, 2.24) is 9.80 Å². The molecule has 0 bridgehead atoms. The van der Waals surface area contributed by atoms with Gasteiger partial charge in [0.1, 0.15) is 5.82 Å². The van der Waals surface area contributed by atoms with Gasteiger partial charge in [0.05, 0.1) is 13.0 Å². The quantitative estimate of drug-likeness (QED) is 0.833. The van der Waals surface area contributed by atoms with Crippen LogP contribution in [0.25, 0.3) is 0 Å². The number of carbonyl (C=O) groups is 1. The fraction of sp³-hybridized carbons (Fsp3) is 0.588. The standard InChI is InChI=1S/C17H25FN2O2/c1-13-11-19(12-14(2)20(13)8-9-22-3)17(21)10-15-6-4-5-7-16(15)18/h4-7,13-14H,8-12H2,1-3H3. The van der Waals surface area contributed by atoms with Gasteiger partial charge in [-0.05, 0) is 25.5 Å². The molecule has 5 heteroatoms. The molecule has 2 rings (SSSR count). The summed E-state index contributed by atoms with van der Waals surface area (Å²) in [6.45, 7) is 7.16. The summed E-state index contributed by atoms with van der Waals surface area (Å²) in [6.07, 6.45) is 0.129. The Kier molecular flexibility index (Phi) is 5.91. The number of hydrogen-bond acceptors (Lipinski definition) is 3. The SMILES string of the molecule is COCCN1C(C)CN(C(=O)Cc2ccccc2F)CC1C. The van der Waals surface area contributed by atoms with Crippen LogP contribution in [0, 0.1) is 5.82 Å². The Labute approximate surface area is 131 Å². The first-order valence-electron chi connectivity index (χ1n) is 7.78. The summed E-state index contributed by atoms with van der Waals surface area (Å²) < 4.78 is 18.8. The maximum absolute atomic E-state index is 13.7. The number of ether oxygens (including phenoxy) is 1. The van der Waals surface area contributed by atoms with Crippen LogP contribution in [0.15, 0.2) is 24.3 Å². The number of benzene rings is 1. The molecule has 0 aromatic heterocycles. The first kappa shape index (κ1) is 16.9. The number of amides is 1. The van der Waals surface area contributed by atoms with Crippen LogP contribution in [0.2, 0.25) is 0 Å². The third kappa shape index (κ3) is 4.05. The van der Waals surface area contributed by atoms with Gasteiger partial charge in [0.2, 0.25) is 5.91 Å². The molecule has 1 aliphatic heterocycles. The molecule has 2 atom stereocenters. The van der Waals surface area contributed by atoms with Crippen LogP contribution in [-0.2, 0) is 16.0 Å². The molecule has 122 valence electrons. The van der Waals surface area contributed by atoms with Gasteiger partial charge in [0.15, 0.2) is 0 Å². The minimum atomic E-state index is -0.310. The van der Waals surface area contributed by atoms with Crippen LogP contribution in [0.1, 0.15) is 19.4 Å². The lowest BCUT2D eigenvalue weighted by atomic mass is 10.1. The summed E-state index contributed by atoms with van der Waals surface area (Å²) in [6, 6.07) is 7.04. The van der Waals surface area contributed by atoms with E-state index < -0.39 is 0 Å². The highest BCUT2D eigenvalue weighted by Crippen LogP contribution is 2.17. The van der Waals surface area contributed by atoms with E-state index in [4.69, 9.17) is 4.74 Å². The van der Waals surface area contributed by atoms with Crippen LogP contribution in [0.3, 0.4) is 0 Å². The van der Waals surface area contributed by atoms with Gasteiger partial charge in [-0.2, -0.15) is 0 Å². The molecule has 0 saturated carbocycles. The smallest absolute Gasteiger partial charge is 0.227 e. The van der Waals surface area contributed by atoms with Gasteiger partial charge >= 0.3 is 0 Å². The van der Waals surface area contributed by atoms with Crippen molar-refractivity contribution in [3.05, 3.63) is 35.6 Å². The van der Waals surface area contributed by atoms with Gasteiger partial charge in [-0.3, -0.25) is 9.69 Å². The number of nitrogens with zero attached hydrogens (tertiary/aromatic N) is 2. The molecular weight excluding hydrogens is 283 g/mol. The summed E-state index contributed by atoms with van der Waals surface area (Å²) in [4.78, 5) is 16.7. The Morgan fingerprint density at radius 2 is 1.91 bits per heavy atom. The maximum Gasteiger partial charge on any atom is 0.227 e. The lowest BCUT2D eigenvalue weighted by molar-refractivity contribution is -0.135.